The Kier molecular flexibility index (Phi) is 10.3. The summed E-state index contributed by atoms with van der Waals surface area (Å²) in [5.41, 5.74) is 6.41. The van der Waals surface area contributed by atoms with Crippen molar-refractivity contribution in [1.29, 1.82) is 0 Å². The molecule has 0 spiro atoms. The highest BCUT2D eigenvalue weighted by Crippen LogP contribution is 2.43. The summed E-state index contributed by atoms with van der Waals surface area (Å²) in [5, 5.41) is 32.9. The lowest BCUT2D eigenvalue weighted by Crippen LogP contribution is -2.46. The lowest BCUT2D eigenvalue weighted by atomic mass is 9.73. The zero-order valence-corrected chi connectivity index (χ0v) is 23.7. The molecule has 1 aliphatic heterocycles. The summed E-state index contributed by atoms with van der Waals surface area (Å²) in [7, 11) is 0. The predicted octanol–water partition coefficient (Wildman–Crippen LogP) is 3.14. The summed E-state index contributed by atoms with van der Waals surface area (Å²) in [6.45, 7) is 11.8. The van der Waals surface area contributed by atoms with E-state index in [1.165, 1.54) is 20.8 Å². The van der Waals surface area contributed by atoms with Gasteiger partial charge in [0.2, 0.25) is 0 Å². The van der Waals surface area contributed by atoms with Crippen LogP contribution in [0.4, 0.5) is 0 Å². The fourth-order valence-electron chi connectivity index (χ4n) is 4.56. The first-order valence-electron chi connectivity index (χ1n) is 12.7. The lowest BCUT2D eigenvalue weighted by molar-refractivity contribution is -0.147. The Morgan fingerprint density at radius 2 is 1.89 bits per heavy atom. The highest BCUT2D eigenvalue weighted by Gasteiger charge is 2.52. The fraction of sp³-hybridized carbons (Fsp3) is 0.704. The molecule has 7 atom stereocenters. The van der Waals surface area contributed by atoms with E-state index >= 15 is 0 Å². The standard InChI is InChI=1S/C27H42N2O7S/c1-14(10-18-13-37-17(4)29-18)19(28)11-22-27(7,36-22)9-8-20(30)15(2)24(34)16(3)25(35)26(5,6)21(31)12-23(32)33/h10,13,15-16,19,21-22,24,31,34H,8-9,11-12,28H2,1-7H3,(H,32,33)/b14-10+/t15-,16+,19-,21-,22?,24-,27+/m0/s1. The number of rotatable bonds is 15. The molecule has 1 unspecified atom stereocenters. The van der Waals surface area contributed by atoms with Gasteiger partial charge in [-0.2, -0.15) is 0 Å². The molecule has 1 aromatic heterocycles. The van der Waals surface area contributed by atoms with Crippen LogP contribution in [0.2, 0.25) is 0 Å². The molecule has 10 heteroatoms. The van der Waals surface area contributed by atoms with E-state index in [2.05, 4.69) is 4.98 Å². The number of carbonyl (C=O) groups is 3. The Morgan fingerprint density at radius 1 is 1.27 bits per heavy atom. The minimum Gasteiger partial charge on any atom is -0.481 e. The number of Topliss-reactive ketones (excluding diaryl/α,β-unsaturated/α-hetero) is 2. The van der Waals surface area contributed by atoms with E-state index < -0.39 is 53.2 Å². The van der Waals surface area contributed by atoms with Gasteiger partial charge in [-0.05, 0) is 39.7 Å². The van der Waals surface area contributed by atoms with Crippen LogP contribution in [-0.4, -0.2) is 67.8 Å². The number of aromatic nitrogens is 1. The average molecular weight is 539 g/mol. The fourth-order valence-corrected chi connectivity index (χ4v) is 5.13. The molecule has 1 saturated heterocycles. The summed E-state index contributed by atoms with van der Waals surface area (Å²) < 4.78 is 5.89. The van der Waals surface area contributed by atoms with Gasteiger partial charge in [0.05, 0.1) is 46.5 Å². The monoisotopic (exact) mass is 538 g/mol. The molecule has 208 valence electrons. The molecule has 0 radical (unpaired) electrons. The van der Waals surface area contributed by atoms with Crippen molar-refractivity contribution in [3.63, 3.8) is 0 Å². The Balaban J connectivity index is 1.88. The first-order chi connectivity index (χ1) is 17.0. The van der Waals surface area contributed by atoms with Crippen molar-refractivity contribution in [2.75, 3.05) is 0 Å². The number of thiazole rings is 1. The molecular formula is C27H42N2O7S. The number of aliphatic hydroxyl groups is 2. The molecule has 0 saturated carbocycles. The van der Waals surface area contributed by atoms with E-state index in [0.29, 0.717) is 12.8 Å². The second kappa shape index (κ2) is 12.3. The molecule has 2 rings (SSSR count). The number of aryl methyl sites for hydroxylation is 1. The Bertz CT molecular complexity index is 1020. The molecular weight excluding hydrogens is 496 g/mol. The lowest BCUT2D eigenvalue weighted by Gasteiger charge is -2.33. The number of hydrogen-bond donors (Lipinski definition) is 4. The summed E-state index contributed by atoms with van der Waals surface area (Å²) in [4.78, 5) is 41.2. The third-order valence-corrected chi connectivity index (χ3v) is 8.54. The van der Waals surface area contributed by atoms with E-state index in [0.717, 1.165) is 16.3 Å². The third kappa shape index (κ3) is 8.00. The van der Waals surface area contributed by atoms with E-state index in [1.807, 2.05) is 32.2 Å². The van der Waals surface area contributed by atoms with Crippen LogP contribution in [0.1, 0.15) is 77.9 Å². The number of aliphatic hydroxyl groups excluding tert-OH is 2. The first-order valence-corrected chi connectivity index (χ1v) is 13.6. The topological polar surface area (TPSA) is 163 Å². The summed E-state index contributed by atoms with van der Waals surface area (Å²) >= 11 is 1.58. The zero-order valence-electron chi connectivity index (χ0n) is 22.9. The van der Waals surface area contributed by atoms with Gasteiger partial charge in [0.1, 0.15) is 11.6 Å². The van der Waals surface area contributed by atoms with Gasteiger partial charge in [0.15, 0.2) is 0 Å². The van der Waals surface area contributed by atoms with Crippen LogP contribution >= 0.6 is 11.3 Å². The van der Waals surface area contributed by atoms with Crippen molar-refractivity contribution < 1.29 is 34.4 Å². The first kappa shape index (κ1) is 31.2. The number of nitrogens with two attached hydrogens (primary N) is 1. The minimum atomic E-state index is -1.41. The van der Waals surface area contributed by atoms with Crippen LogP contribution in [0.25, 0.3) is 6.08 Å². The molecule has 2 heterocycles. The van der Waals surface area contributed by atoms with Crippen LogP contribution < -0.4 is 5.73 Å². The van der Waals surface area contributed by atoms with Crippen LogP contribution in [-0.2, 0) is 19.1 Å². The van der Waals surface area contributed by atoms with Crippen molar-refractivity contribution in [1.82, 2.24) is 4.98 Å². The van der Waals surface area contributed by atoms with Gasteiger partial charge in [-0.15, -0.1) is 11.3 Å². The molecule has 1 aliphatic rings. The molecule has 0 aliphatic carbocycles. The smallest absolute Gasteiger partial charge is 0.306 e. The van der Waals surface area contributed by atoms with Crippen molar-refractivity contribution in [2.24, 2.45) is 23.0 Å². The van der Waals surface area contributed by atoms with E-state index in [4.69, 9.17) is 15.6 Å². The van der Waals surface area contributed by atoms with Crippen molar-refractivity contribution >= 4 is 34.9 Å². The Hall–Kier alpha value is -1.98. The normalized spacial score (nSPS) is 24.2. The van der Waals surface area contributed by atoms with Gasteiger partial charge in [-0.1, -0.05) is 33.3 Å². The third-order valence-electron chi connectivity index (χ3n) is 7.75. The number of ketones is 2. The molecule has 1 fully saturated rings. The summed E-state index contributed by atoms with van der Waals surface area (Å²) in [5.74, 6) is -3.66. The zero-order chi connectivity index (χ0) is 28.3. The summed E-state index contributed by atoms with van der Waals surface area (Å²) in [6.07, 6.45) is -0.0717. The van der Waals surface area contributed by atoms with Gasteiger partial charge < -0.3 is 25.8 Å². The molecule has 0 bridgehead atoms. The molecule has 0 aromatic carbocycles. The quantitative estimate of drug-likeness (QED) is 0.246. The number of carbonyl (C=O) groups excluding carboxylic acids is 2. The SMILES string of the molecule is C/C(=C\c1csc(C)n1)[C@@H](N)CC1O[C@]1(C)CCC(=O)[C@H](C)[C@H](O)[C@@H](C)C(=O)C(C)(C)[C@@H](O)CC(=O)O. The van der Waals surface area contributed by atoms with Crippen LogP contribution in [0.3, 0.4) is 0 Å². The van der Waals surface area contributed by atoms with E-state index in [-0.39, 0.29) is 24.3 Å². The number of hydrogen-bond acceptors (Lipinski definition) is 9. The van der Waals surface area contributed by atoms with Crippen LogP contribution in [0, 0.1) is 24.2 Å². The summed E-state index contributed by atoms with van der Waals surface area (Å²) in [6, 6.07) is -0.197. The maximum atomic E-state index is 12.9. The van der Waals surface area contributed by atoms with Crippen LogP contribution in [0.15, 0.2) is 11.0 Å². The maximum Gasteiger partial charge on any atom is 0.306 e. The van der Waals surface area contributed by atoms with Gasteiger partial charge in [0, 0.05) is 29.7 Å². The van der Waals surface area contributed by atoms with E-state index in [9.17, 15) is 24.6 Å². The van der Waals surface area contributed by atoms with Gasteiger partial charge in [-0.3, -0.25) is 14.4 Å². The predicted molar refractivity (Wildman–Crippen MR) is 142 cm³/mol. The Morgan fingerprint density at radius 3 is 2.43 bits per heavy atom. The van der Waals surface area contributed by atoms with Gasteiger partial charge >= 0.3 is 5.97 Å². The van der Waals surface area contributed by atoms with Crippen molar-refractivity contribution in [3.05, 3.63) is 21.7 Å². The Labute approximate surface area is 223 Å². The van der Waals surface area contributed by atoms with Crippen molar-refractivity contribution in [2.45, 2.75) is 104 Å². The maximum absolute atomic E-state index is 12.9. The number of carboxylic acid groups (broad SMARTS) is 1. The van der Waals surface area contributed by atoms with Gasteiger partial charge in [0.25, 0.3) is 0 Å². The second-order valence-electron chi connectivity index (χ2n) is 11.2. The molecule has 0 amide bonds. The second-order valence-corrected chi connectivity index (χ2v) is 12.2. The minimum absolute atomic E-state index is 0.0759. The number of epoxide rings is 1. The number of aliphatic carboxylic acids is 1. The molecule has 5 N–H and O–H groups in total. The number of nitrogens with zero attached hydrogens (tertiary/aromatic N) is 1. The average Bonchev–Trinajstić information content (AvgIpc) is 3.26. The number of ether oxygens (including phenoxy) is 1. The molecule has 1 aromatic rings. The van der Waals surface area contributed by atoms with E-state index in [1.54, 1.807) is 18.3 Å². The highest BCUT2D eigenvalue weighted by molar-refractivity contribution is 7.09. The van der Waals surface area contributed by atoms with Crippen LogP contribution in [0.5, 0.6) is 0 Å². The van der Waals surface area contributed by atoms with Gasteiger partial charge in [-0.25, -0.2) is 4.98 Å². The van der Waals surface area contributed by atoms with Crippen molar-refractivity contribution in [3.8, 4) is 0 Å². The highest BCUT2D eigenvalue weighted by atomic mass is 32.1. The number of carboxylic acids is 1. The molecule has 9 nitrogen and oxygen atoms in total. The molecule has 37 heavy (non-hydrogen) atoms. The largest absolute Gasteiger partial charge is 0.481 e.